The lowest BCUT2D eigenvalue weighted by Gasteiger charge is -2.53. The minimum absolute atomic E-state index is 0.174. The average Bonchev–Trinajstić information content (AvgIpc) is 2.34. The first kappa shape index (κ1) is 13.6. The largest absolute Gasteiger partial charge is 0.303 e. The van der Waals surface area contributed by atoms with E-state index in [0.29, 0.717) is 12.0 Å². The maximum atomic E-state index is 2.48. The van der Waals surface area contributed by atoms with Crippen LogP contribution in [0, 0.1) is 5.92 Å². The SMILES string of the molecule is C[C@@H]1CN(C)[C@@H](C)C[C@]1(c1ccccc1)N(C)C. The van der Waals surface area contributed by atoms with Crippen molar-refractivity contribution in [3.63, 3.8) is 0 Å². The number of likely N-dealkylation sites (tertiary alicyclic amines) is 1. The van der Waals surface area contributed by atoms with E-state index in [9.17, 15) is 0 Å². The van der Waals surface area contributed by atoms with E-state index in [1.807, 2.05) is 0 Å². The van der Waals surface area contributed by atoms with E-state index in [-0.39, 0.29) is 5.54 Å². The van der Waals surface area contributed by atoms with E-state index in [4.69, 9.17) is 0 Å². The zero-order valence-electron chi connectivity index (χ0n) is 12.4. The van der Waals surface area contributed by atoms with Crippen LogP contribution in [0.5, 0.6) is 0 Å². The second kappa shape index (κ2) is 5.02. The van der Waals surface area contributed by atoms with Crippen LogP contribution < -0.4 is 0 Å². The molecule has 1 aliphatic rings. The Bertz CT molecular complexity index is 387. The summed E-state index contributed by atoms with van der Waals surface area (Å²) in [6.07, 6.45) is 1.20. The van der Waals surface area contributed by atoms with Gasteiger partial charge < -0.3 is 4.90 Å². The van der Waals surface area contributed by atoms with E-state index in [1.54, 1.807) is 0 Å². The predicted molar refractivity (Wildman–Crippen MR) is 77.7 cm³/mol. The van der Waals surface area contributed by atoms with Crippen LogP contribution in [-0.2, 0) is 5.54 Å². The first-order chi connectivity index (χ1) is 8.48. The number of hydrogen-bond donors (Lipinski definition) is 0. The van der Waals surface area contributed by atoms with Crippen molar-refractivity contribution in [2.75, 3.05) is 27.7 Å². The quantitative estimate of drug-likeness (QED) is 0.792. The molecule has 0 amide bonds. The Morgan fingerprint density at radius 2 is 1.78 bits per heavy atom. The molecule has 0 aromatic heterocycles. The maximum absolute atomic E-state index is 2.48. The van der Waals surface area contributed by atoms with Crippen molar-refractivity contribution in [3.05, 3.63) is 35.9 Å². The van der Waals surface area contributed by atoms with Crippen molar-refractivity contribution in [1.29, 1.82) is 0 Å². The van der Waals surface area contributed by atoms with Crippen molar-refractivity contribution in [3.8, 4) is 0 Å². The first-order valence-corrected chi connectivity index (χ1v) is 6.91. The monoisotopic (exact) mass is 246 g/mol. The second-order valence-electron chi connectivity index (χ2n) is 6.08. The average molecular weight is 246 g/mol. The molecule has 1 fully saturated rings. The van der Waals surface area contributed by atoms with Gasteiger partial charge in [0.05, 0.1) is 5.54 Å². The summed E-state index contributed by atoms with van der Waals surface area (Å²) in [5.74, 6) is 0.635. The van der Waals surface area contributed by atoms with Crippen LogP contribution in [0.3, 0.4) is 0 Å². The van der Waals surface area contributed by atoms with Crippen molar-refractivity contribution < 1.29 is 0 Å². The molecule has 2 nitrogen and oxygen atoms in total. The third-order valence-electron chi connectivity index (χ3n) is 4.81. The van der Waals surface area contributed by atoms with Crippen LogP contribution in [0.25, 0.3) is 0 Å². The van der Waals surface area contributed by atoms with E-state index in [1.165, 1.54) is 12.0 Å². The standard InChI is InChI=1S/C16H26N2/c1-13-12-18(5)14(2)11-16(13,17(3)4)15-9-7-6-8-10-15/h6-10,13-14H,11-12H2,1-5H3/t13-,14+,16+/m1/s1. The van der Waals surface area contributed by atoms with Crippen LogP contribution in [0.2, 0.25) is 0 Å². The second-order valence-corrected chi connectivity index (χ2v) is 6.08. The topological polar surface area (TPSA) is 6.48 Å². The van der Waals surface area contributed by atoms with Gasteiger partial charge in [0.2, 0.25) is 0 Å². The van der Waals surface area contributed by atoms with E-state index >= 15 is 0 Å². The molecule has 1 saturated heterocycles. The Labute approximate surface area is 112 Å². The maximum Gasteiger partial charge on any atom is 0.0507 e. The lowest BCUT2D eigenvalue weighted by molar-refractivity contribution is -0.0151. The summed E-state index contributed by atoms with van der Waals surface area (Å²) in [6, 6.07) is 11.6. The van der Waals surface area contributed by atoms with Gasteiger partial charge >= 0.3 is 0 Å². The number of benzene rings is 1. The highest BCUT2D eigenvalue weighted by Crippen LogP contribution is 2.43. The molecular weight excluding hydrogens is 220 g/mol. The Morgan fingerprint density at radius 3 is 2.33 bits per heavy atom. The number of hydrogen-bond acceptors (Lipinski definition) is 2. The molecule has 18 heavy (non-hydrogen) atoms. The minimum atomic E-state index is 0.174. The van der Waals surface area contributed by atoms with Crippen LogP contribution in [-0.4, -0.2) is 43.5 Å². The highest BCUT2D eigenvalue weighted by atomic mass is 15.2. The fourth-order valence-corrected chi connectivity index (χ4v) is 3.58. The molecule has 0 unspecified atom stereocenters. The molecule has 1 aliphatic heterocycles. The summed E-state index contributed by atoms with van der Waals surface area (Å²) in [5, 5.41) is 0. The van der Waals surface area contributed by atoms with Gasteiger partial charge in [-0.2, -0.15) is 0 Å². The van der Waals surface area contributed by atoms with Crippen molar-refractivity contribution in [2.24, 2.45) is 5.92 Å². The lowest BCUT2D eigenvalue weighted by atomic mass is 9.71. The Hall–Kier alpha value is -0.860. The molecular formula is C16H26N2. The van der Waals surface area contributed by atoms with Gasteiger partial charge in [0.15, 0.2) is 0 Å². The zero-order chi connectivity index (χ0) is 13.3. The van der Waals surface area contributed by atoms with E-state index < -0.39 is 0 Å². The van der Waals surface area contributed by atoms with Crippen molar-refractivity contribution in [1.82, 2.24) is 9.80 Å². The van der Waals surface area contributed by atoms with Gasteiger partial charge in [-0.3, -0.25) is 4.90 Å². The lowest BCUT2D eigenvalue weighted by Crippen LogP contribution is -2.57. The normalized spacial score (nSPS) is 33.9. The Balaban J connectivity index is 2.44. The van der Waals surface area contributed by atoms with Gasteiger partial charge in [0.1, 0.15) is 0 Å². The molecule has 0 saturated carbocycles. The summed E-state index contributed by atoms with van der Waals surface area (Å²) in [5.41, 5.74) is 1.63. The van der Waals surface area contributed by atoms with Crippen molar-refractivity contribution >= 4 is 0 Å². The Morgan fingerprint density at radius 1 is 1.17 bits per heavy atom. The molecule has 0 radical (unpaired) electrons. The summed E-state index contributed by atoms with van der Waals surface area (Å²) < 4.78 is 0. The van der Waals surface area contributed by atoms with Gasteiger partial charge in [0.25, 0.3) is 0 Å². The molecule has 1 heterocycles. The molecule has 3 atom stereocenters. The molecule has 100 valence electrons. The summed E-state index contributed by atoms with van der Waals surface area (Å²) in [7, 11) is 6.69. The summed E-state index contributed by atoms with van der Waals surface area (Å²) in [4.78, 5) is 4.91. The Kier molecular flexibility index (Phi) is 3.79. The molecule has 2 rings (SSSR count). The van der Waals surface area contributed by atoms with E-state index in [0.717, 1.165) is 6.54 Å². The van der Waals surface area contributed by atoms with Gasteiger partial charge in [-0.25, -0.2) is 0 Å². The van der Waals surface area contributed by atoms with Crippen LogP contribution in [0.4, 0.5) is 0 Å². The fourth-order valence-electron chi connectivity index (χ4n) is 3.58. The predicted octanol–water partition coefficient (Wildman–Crippen LogP) is 2.80. The van der Waals surface area contributed by atoms with Crippen LogP contribution in [0.1, 0.15) is 25.8 Å². The minimum Gasteiger partial charge on any atom is -0.303 e. The molecule has 0 spiro atoms. The summed E-state index contributed by atoms with van der Waals surface area (Å²) in [6.45, 7) is 5.89. The van der Waals surface area contributed by atoms with Crippen LogP contribution >= 0.6 is 0 Å². The highest BCUT2D eigenvalue weighted by molar-refractivity contribution is 5.27. The van der Waals surface area contributed by atoms with Gasteiger partial charge in [-0.1, -0.05) is 37.3 Å². The van der Waals surface area contributed by atoms with Crippen molar-refractivity contribution in [2.45, 2.75) is 31.8 Å². The molecule has 0 bridgehead atoms. The van der Waals surface area contributed by atoms with Gasteiger partial charge in [-0.05, 0) is 46.0 Å². The number of piperidine rings is 1. The molecule has 1 aromatic rings. The number of nitrogens with zero attached hydrogens (tertiary/aromatic N) is 2. The molecule has 0 aliphatic carbocycles. The fraction of sp³-hybridized carbons (Fsp3) is 0.625. The summed E-state index contributed by atoms with van der Waals surface area (Å²) >= 11 is 0. The van der Waals surface area contributed by atoms with Crippen LogP contribution in [0.15, 0.2) is 30.3 Å². The van der Waals surface area contributed by atoms with Gasteiger partial charge in [0, 0.05) is 12.6 Å². The highest BCUT2D eigenvalue weighted by Gasteiger charge is 2.45. The van der Waals surface area contributed by atoms with E-state index in [2.05, 4.69) is 75.1 Å². The molecule has 1 aromatic carbocycles. The molecule has 0 N–H and O–H groups in total. The van der Waals surface area contributed by atoms with Gasteiger partial charge in [-0.15, -0.1) is 0 Å². The third kappa shape index (κ3) is 2.08. The smallest absolute Gasteiger partial charge is 0.0507 e. The number of rotatable bonds is 2. The zero-order valence-corrected chi connectivity index (χ0v) is 12.4. The molecule has 2 heteroatoms. The third-order valence-corrected chi connectivity index (χ3v) is 4.81. The first-order valence-electron chi connectivity index (χ1n) is 6.91.